The molecule has 1 atom stereocenters. The van der Waals surface area contributed by atoms with E-state index in [2.05, 4.69) is 10.3 Å². The summed E-state index contributed by atoms with van der Waals surface area (Å²) in [5, 5.41) is 12.8. The second kappa shape index (κ2) is 7.77. The first-order chi connectivity index (χ1) is 12.1. The zero-order valence-electron chi connectivity index (χ0n) is 14.0. The van der Waals surface area contributed by atoms with Crippen molar-refractivity contribution in [1.29, 1.82) is 0 Å². The molecule has 3 rings (SSSR count). The van der Waals surface area contributed by atoms with Gasteiger partial charge in [-0.15, -0.1) is 0 Å². The van der Waals surface area contributed by atoms with E-state index in [0.29, 0.717) is 11.6 Å². The third-order valence-corrected chi connectivity index (χ3v) is 3.88. The summed E-state index contributed by atoms with van der Waals surface area (Å²) in [5.74, 6) is 0.282. The van der Waals surface area contributed by atoms with Crippen LogP contribution in [0.2, 0.25) is 0 Å². The summed E-state index contributed by atoms with van der Waals surface area (Å²) < 4.78 is 5.46. The van der Waals surface area contributed by atoms with Crippen molar-refractivity contribution in [2.45, 2.75) is 26.0 Å². The Morgan fingerprint density at radius 2 is 1.88 bits per heavy atom. The predicted octanol–water partition coefficient (Wildman–Crippen LogP) is 3.39. The van der Waals surface area contributed by atoms with Crippen LogP contribution in [0.4, 0.5) is 0 Å². The molecule has 2 aromatic carbocycles. The van der Waals surface area contributed by atoms with Gasteiger partial charge in [-0.25, -0.2) is 4.98 Å². The SMILES string of the molecule is Cc1ccc(-c2nc(CNC(=O)CC(O)c3ccccc3)co2)cc1. The van der Waals surface area contributed by atoms with Gasteiger partial charge in [-0.05, 0) is 24.6 Å². The maximum atomic E-state index is 12.0. The normalized spacial score (nSPS) is 11.9. The van der Waals surface area contributed by atoms with Gasteiger partial charge in [-0.2, -0.15) is 0 Å². The molecule has 1 amide bonds. The van der Waals surface area contributed by atoms with E-state index in [1.165, 1.54) is 11.8 Å². The lowest BCUT2D eigenvalue weighted by Gasteiger charge is -2.10. The maximum absolute atomic E-state index is 12.0. The highest BCUT2D eigenvalue weighted by molar-refractivity contribution is 5.76. The lowest BCUT2D eigenvalue weighted by molar-refractivity contribution is -0.123. The Labute approximate surface area is 146 Å². The molecule has 1 aromatic heterocycles. The number of aliphatic hydroxyl groups is 1. The smallest absolute Gasteiger partial charge is 0.226 e. The number of nitrogens with one attached hydrogen (secondary N) is 1. The van der Waals surface area contributed by atoms with Gasteiger partial charge in [0, 0.05) is 5.56 Å². The summed E-state index contributed by atoms with van der Waals surface area (Å²) in [6.45, 7) is 2.28. The second-order valence-electron chi connectivity index (χ2n) is 5.92. The average Bonchev–Trinajstić information content (AvgIpc) is 3.10. The zero-order chi connectivity index (χ0) is 17.6. The van der Waals surface area contributed by atoms with Crippen LogP contribution in [0.25, 0.3) is 11.5 Å². The molecule has 2 N–H and O–H groups in total. The standard InChI is InChI=1S/C20H20N2O3/c1-14-7-9-16(10-8-14)20-22-17(13-25-20)12-21-19(24)11-18(23)15-5-3-2-4-6-15/h2-10,13,18,23H,11-12H2,1H3,(H,21,24). The van der Waals surface area contributed by atoms with E-state index in [1.54, 1.807) is 12.1 Å². The average molecular weight is 336 g/mol. The molecule has 3 aromatic rings. The summed E-state index contributed by atoms with van der Waals surface area (Å²) in [6, 6.07) is 17.0. The van der Waals surface area contributed by atoms with Crippen LogP contribution in [0, 0.1) is 6.92 Å². The van der Waals surface area contributed by atoms with Gasteiger partial charge in [0.15, 0.2) is 0 Å². The van der Waals surface area contributed by atoms with E-state index in [-0.39, 0.29) is 18.9 Å². The molecule has 0 aliphatic heterocycles. The maximum Gasteiger partial charge on any atom is 0.226 e. The molecular formula is C20H20N2O3. The second-order valence-corrected chi connectivity index (χ2v) is 5.92. The van der Waals surface area contributed by atoms with Gasteiger partial charge in [-0.1, -0.05) is 48.0 Å². The van der Waals surface area contributed by atoms with Crippen LogP contribution in [0.3, 0.4) is 0 Å². The summed E-state index contributed by atoms with van der Waals surface area (Å²) >= 11 is 0. The number of aliphatic hydroxyl groups excluding tert-OH is 1. The summed E-state index contributed by atoms with van der Waals surface area (Å²) in [4.78, 5) is 16.4. The van der Waals surface area contributed by atoms with Gasteiger partial charge in [0.25, 0.3) is 0 Å². The lowest BCUT2D eigenvalue weighted by atomic mass is 10.1. The molecular weight excluding hydrogens is 316 g/mol. The van der Waals surface area contributed by atoms with E-state index in [1.807, 2.05) is 49.4 Å². The molecule has 1 heterocycles. The molecule has 128 valence electrons. The lowest BCUT2D eigenvalue weighted by Crippen LogP contribution is -2.24. The third kappa shape index (κ3) is 4.55. The Morgan fingerprint density at radius 3 is 2.60 bits per heavy atom. The number of hydrogen-bond acceptors (Lipinski definition) is 4. The first-order valence-corrected chi connectivity index (χ1v) is 8.13. The van der Waals surface area contributed by atoms with E-state index < -0.39 is 6.10 Å². The number of aromatic nitrogens is 1. The molecule has 0 fully saturated rings. The number of aryl methyl sites for hydroxylation is 1. The topological polar surface area (TPSA) is 75.4 Å². The van der Waals surface area contributed by atoms with Gasteiger partial charge in [0.2, 0.25) is 11.8 Å². The van der Waals surface area contributed by atoms with E-state index >= 15 is 0 Å². The predicted molar refractivity (Wildman–Crippen MR) is 94.5 cm³/mol. The Bertz CT molecular complexity index is 826. The first kappa shape index (κ1) is 16.9. The van der Waals surface area contributed by atoms with Crippen molar-refractivity contribution in [3.05, 3.63) is 77.7 Å². The van der Waals surface area contributed by atoms with Gasteiger partial charge in [-0.3, -0.25) is 4.79 Å². The van der Waals surface area contributed by atoms with Gasteiger partial charge >= 0.3 is 0 Å². The number of amides is 1. The summed E-state index contributed by atoms with van der Waals surface area (Å²) in [7, 11) is 0. The number of nitrogens with zero attached hydrogens (tertiary/aromatic N) is 1. The molecule has 1 unspecified atom stereocenters. The van der Waals surface area contributed by atoms with Crippen molar-refractivity contribution in [3.63, 3.8) is 0 Å². The van der Waals surface area contributed by atoms with Crippen molar-refractivity contribution in [2.75, 3.05) is 0 Å². The monoisotopic (exact) mass is 336 g/mol. The molecule has 5 heteroatoms. The van der Waals surface area contributed by atoms with E-state index in [9.17, 15) is 9.90 Å². The van der Waals surface area contributed by atoms with E-state index in [4.69, 9.17) is 4.42 Å². The Morgan fingerprint density at radius 1 is 1.16 bits per heavy atom. The van der Waals surface area contributed by atoms with Crippen LogP contribution in [-0.2, 0) is 11.3 Å². The fourth-order valence-corrected chi connectivity index (χ4v) is 2.45. The van der Waals surface area contributed by atoms with Crippen molar-refractivity contribution in [1.82, 2.24) is 10.3 Å². The van der Waals surface area contributed by atoms with Gasteiger partial charge in [0.05, 0.1) is 24.8 Å². The highest BCUT2D eigenvalue weighted by Crippen LogP contribution is 2.19. The molecule has 0 saturated heterocycles. The number of carbonyl (C=O) groups excluding carboxylic acids is 1. The Kier molecular flexibility index (Phi) is 5.26. The minimum atomic E-state index is -0.818. The molecule has 0 aliphatic rings. The summed E-state index contributed by atoms with van der Waals surface area (Å²) in [5.41, 5.74) is 3.42. The molecule has 5 nitrogen and oxygen atoms in total. The number of benzene rings is 2. The zero-order valence-corrected chi connectivity index (χ0v) is 14.0. The van der Waals surface area contributed by atoms with Crippen LogP contribution >= 0.6 is 0 Å². The minimum Gasteiger partial charge on any atom is -0.444 e. The van der Waals surface area contributed by atoms with Crippen LogP contribution in [0.1, 0.15) is 29.3 Å². The van der Waals surface area contributed by atoms with E-state index in [0.717, 1.165) is 11.1 Å². The molecule has 0 spiro atoms. The largest absolute Gasteiger partial charge is 0.444 e. The van der Waals surface area contributed by atoms with Crippen LogP contribution < -0.4 is 5.32 Å². The molecule has 0 bridgehead atoms. The Hall–Kier alpha value is -2.92. The fourth-order valence-electron chi connectivity index (χ4n) is 2.45. The molecule has 25 heavy (non-hydrogen) atoms. The quantitative estimate of drug-likeness (QED) is 0.723. The number of hydrogen-bond donors (Lipinski definition) is 2. The van der Waals surface area contributed by atoms with Crippen molar-refractivity contribution >= 4 is 5.91 Å². The Balaban J connectivity index is 1.53. The summed E-state index contributed by atoms with van der Waals surface area (Å²) in [6.07, 6.45) is 0.720. The highest BCUT2D eigenvalue weighted by Gasteiger charge is 2.13. The highest BCUT2D eigenvalue weighted by atomic mass is 16.3. The minimum absolute atomic E-state index is 0.00663. The number of rotatable bonds is 6. The van der Waals surface area contributed by atoms with Gasteiger partial charge in [0.1, 0.15) is 6.26 Å². The number of carbonyl (C=O) groups is 1. The fraction of sp³-hybridized carbons (Fsp3) is 0.200. The van der Waals surface area contributed by atoms with Crippen molar-refractivity contribution < 1.29 is 14.3 Å². The van der Waals surface area contributed by atoms with Crippen LogP contribution in [-0.4, -0.2) is 16.0 Å². The molecule has 0 radical (unpaired) electrons. The van der Waals surface area contributed by atoms with Crippen molar-refractivity contribution in [3.8, 4) is 11.5 Å². The van der Waals surface area contributed by atoms with Crippen LogP contribution in [0.15, 0.2) is 65.3 Å². The number of oxazole rings is 1. The first-order valence-electron chi connectivity index (χ1n) is 8.13. The molecule has 0 aliphatic carbocycles. The van der Waals surface area contributed by atoms with Crippen LogP contribution in [0.5, 0.6) is 0 Å². The molecule has 0 saturated carbocycles. The van der Waals surface area contributed by atoms with Gasteiger partial charge < -0.3 is 14.8 Å². The van der Waals surface area contributed by atoms with Crippen molar-refractivity contribution in [2.24, 2.45) is 0 Å². The third-order valence-electron chi connectivity index (χ3n) is 3.88.